The normalized spacial score (nSPS) is 13.6. The zero-order valence-electron chi connectivity index (χ0n) is 10.7. The van der Waals surface area contributed by atoms with Gasteiger partial charge in [0.1, 0.15) is 10.8 Å². The molecular formula is C14H15ClN2OS. The van der Waals surface area contributed by atoms with Crippen molar-refractivity contribution in [3.63, 3.8) is 0 Å². The highest BCUT2D eigenvalue weighted by molar-refractivity contribution is 7.09. The molecule has 1 aromatic heterocycles. The van der Waals surface area contributed by atoms with Gasteiger partial charge in [-0.2, -0.15) is 0 Å². The minimum Gasteiger partial charge on any atom is -0.493 e. The van der Waals surface area contributed by atoms with Crippen molar-refractivity contribution in [2.75, 3.05) is 13.7 Å². The van der Waals surface area contributed by atoms with Crippen molar-refractivity contribution in [1.29, 1.82) is 0 Å². The topological polar surface area (TPSA) is 25.4 Å². The Labute approximate surface area is 121 Å². The van der Waals surface area contributed by atoms with E-state index in [1.54, 1.807) is 11.3 Å². The number of rotatable bonds is 4. The van der Waals surface area contributed by atoms with Gasteiger partial charge in [0.25, 0.3) is 0 Å². The summed E-state index contributed by atoms with van der Waals surface area (Å²) in [6.07, 6.45) is 2.80. The molecule has 100 valence electrons. The first-order valence-corrected chi connectivity index (χ1v) is 7.49. The summed E-state index contributed by atoms with van der Waals surface area (Å²) in [5, 5.41) is 3.92. The van der Waals surface area contributed by atoms with Crippen molar-refractivity contribution in [3.8, 4) is 5.75 Å². The maximum atomic E-state index is 6.17. The van der Waals surface area contributed by atoms with Crippen LogP contribution in [-0.4, -0.2) is 23.5 Å². The molecule has 0 aliphatic carbocycles. The minimum atomic E-state index is 0.763. The van der Waals surface area contributed by atoms with Crippen LogP contribution in [0.4, 0.5) is 0 Å². The molecule has 1 aliphatic heterocycles. The predicted molar refractivity (Wildman–Crippen MR) is 77.9 cm³/mol. The molecule has 0 spiro atoms. The summed E-state index contributed by atoms with van der Waals surface area (Å²) < 4.78 is 5.72. The summed E-state index contributed by atoms with van der Waals surface area (Å²) in [5.74, 6) is 1.02. The fraction of sp³-hybridized carbons (Fsp3) is 0.357. The average molecular weight is 295 g/mol. The second kappa shape index (κ2) is 5.49. The highest BCUT2D eigenvalue weighted by Crippen LogP contribution is 2.33. The quantitative estimate of drug-likeness (QED) is 0.864. The summed E-state index contributed by atoms with van der Waals surface area (Å²) in [4.78, 5) is 6.54. The van der Waals surface area contributed by atoms with Crippen LogP contribution in [0.2, 0.25) is 5.02 Å². The van der Waals surface area contributed by atoms with E-state index in [0.717, 1.165) is 41.9 Å². The average Bonchev–Trinajstić information content (AvgIpc) is 2.99. The van der Waals surface area contributed by atoms with Crippen molar-refractivity contribution in [2.45, 2.75) is 19.5 Å². The van der Waals surface area contributed by atoms with Crippen LogP contribution >= 0.6 is 22.9 Å². The third-order valence-electron chi connectivity index (χ3n) is 3.15. The van der Waals surface area contributed by atoms with E-state index in [-0.39, 0.29) is 0 Å². The van der Waals surface area contributed by atoms with Crippen molar-refractivity contribution in [3.05, 3.63) is 44.9 Å². The lowest BCUT2D eigenvalue weighted by Crippen LogP contribution is -2.17. The minimum absolute atomic E-state index is 0.763. The molecule has 1 aliphatic rings. The Kier molecular flexibility index (Phi) is 3.73. The molecule has 2 heterocycles. The van der Waals surface area contributed by atoms with Gasteiger partial charge < -0.3 is 4.74 Å². The molecule has 19 heavy (non-hydrogen) atoms. The molecule has 2 aromatic rings. The summed E-state index contributed by atoms with van der Waals surface area (Å²) in [7, 11) is 2.09. The van der Waals surface area contributed by atoms with Crippen LogP contribution in [0.15, 0.2) is 23.7 Å². The molecule has 1 aromatic carbocycles. The van der Waals surface area contributed by atoms with Gasteiger partial charge in [0.05, 0.1) is 13.2 Å². The number of aromatic nitrogens is 1. The first-order valence-electron chi connectivity index (χ1n) is 6.23. The van der Waals surface area contributed by atoms with Crippen molar-refractivity contribution >= 4 is 22.9 Å². The zero-order chi connectivity index (χ0) is 13.2. The molecule has 0 N–H and O–H groups in total. The SMILES string of the molecule is CN(Cc1nccs1)Cc1cc(Cl)cc2c1OCC2. The van der Waals surface area contributed by atoms with E-state index in [1.165, 1.54) is 11.1 Å². The molecule has 3 rings (SSSR count). The molecule has 0 saturated carbocycles. The molecule has 0 atom stereocenters. The molecular weight excluding hydrogens is 280 g/mol. The summed E-state index contributed by atoms with van der Waals surface area (Å²) in [6, 6.07) is 4.01. The van der Waals surface area contributed by atoms with E-state index in [4.69, 9.17) is 16.3 Å². The van der Waals surface area contributed by atoms with Crippen LogP contribution in [0, 0.1) is 0 Å². The van der Waals surface area contributed by atoms with Gasteiger partial charge in [-0.25, -0.2) is 4.98 Å². The standard InChI is InChI=1S/C14H15ClN2OS/c1-17(9-13-16-3-5-19-13)8-11-7-12(15)6-10-2-4-18-14(10)11/h3,5-7H,2,4,8-9H2,1H3. The van der Waals surface area contributed by atoms with Gasteiger partial charge in [0.2, 0.25) is 0 Å². The fourth-order valence-corrected chi connectivity index (χ4v) is 3.33. The van der Waals surface area contributed by atoms with Crippen LogP contribution in [0.1, 0.15) is 16.1 Å². The Hall–Kier alpha value is -1.10. The first kappa shape index (κ1) is 12.9. The molecule has 0 bridgehead atoms. The van der Waals surface area contributed by atoms with Gasteiger partial charge in [-0.3, -0.25) is 4.90 Å². The summed E-state index contributed by atoms with van der Waals surface area (Å²) in [6.45, 7) is 2.43. The molecule has 3 nitrogen and oxygen atoms in total. The first-order chi connectivity index (χ1) is 9.22. The van der Waals surface area contributed by atoms with Crippen molar-refractivity contribution in [2.24, 2.45) is 0 Å². The largest absolute Gasteiger partial charge is 0.493 e. The maximum absolute atomic E-state index is 6.17. The van der Waals surface area contributed by atoms with E-state index < -0.39 is 0 Å². The maximum Gasteiger partial charge on any atom is 0.127 e. The Morgan fingerprint density at radius 3 is 3.11 bits per heavy atom. The van der Waals surface area contributed by atoms with Crippen LogP contribution in [-0.2, 0) is 19.5 Å². The third-order valence-corrected chi connectivity index (χ3v) is 4.14. The monoisotopic (exact) mass is 294 g/mol. The van der Waals surface area contributed by atoms with Gasteiger partial charge in [0.15, 0.2) is 0 Å². The van der Waals surface area contributed by atoms with Gasteiger partial charge >= 0.3 is 0 Å². The Bertz CT molecular complexity index is 571. The summed E-state index contributed by atoms with van der Waals surface area (Å²) >= 11 is 7.85. The second-order valence-electron chi connectivity index (χ2n) is 4.75. The van der Waals surface area contributed by atoms with Crippen molar-refractivity contribution < 1.29 is 4.74 Å². The fourth-order valence-electron chi connectivity index (χ4n) is 2.37. The van der Waals surface area contributed by atoms with Gasteiger partial charge in [-0.15, -0.1) is 11.3 Å². The van der Waals surface area contributed by atoms with Crippen LogP contribution in [0.3, 0.4) is 0 Å². The smallest absolute Gasteiger partial charge is 0.127 e. The number of ether oxygens (including phenoxy) is 1. The van der Waals surface area contributed by atoms with E-state index in [1.807, 2.05) is 23.7 Å². The van der Waals surface area contributed by atoms with E-state index in [2.05, 4.69) is 16.9 Å². The highest BCUT2D eigenvalue weighted by atomic mass is 35.5. The Morgan fingerprint density at radius 2 is 2.32 bits per heavy atom. The van der Waals surface area contributed by atoms with Crippen molar-refractivity contribution in [1.82, 2.24) is 9.88 Å². The summed E-state index contributed by atoms with van der Waals surface area (Å²) in [5.41, 5.74) is 2.39. The number of halogens is 1. The molecule has 0 unspecified atom stereocenters. The van der Waals surface area contributed by atoms with E-state index >= 15 is 0 Å². The number of fused-ring (bicyclic) bond motifs is 1. The number of hydrogen-bond acceptors (Lipinski definition) is 4. The number of benzene rings is 1. The number of nitrogens with zero attached hydrogens (tertiary/aromatic N) is 2. The zero-order valence-corrected chi connectivity index (χ0v) is 12.3. The van der Waals surface area contributed by atoms with Crippen LogP contribution in [0.5, 0.6) is 5.75 Å². The van der Waals surface area contributed by atoms with Crippen LogP contribution in [0.25, 0.3) is 0 Å². The lowest BCUT2D eigenvalue weighted by Gasteiger charge is -2.17. The molecule has 5 heteroatoms. The third kappa shape index (κ3) is 2.91. The molecule has 0 saturated heterocycles. The van der Waals surface area contributed by atoms with E-state index in [0.29, 0.717) is 0 Å². The number of thiazole rings is 1. The molecule has 0 amide bonds. The Balaban J connectivity index is 1.76. The lowest BCUT2D eigenvalue weighted by molar-refractivity contribution is 0.304. The van der Waals surface area contributed by atoms with Gasteiger partial charge in [-0.1, -0.05) is 11.6 Å². The Morgan fingerprint density at radius 1 is 1.42 bits per heavy atom. The predicted octanol–water partition coefficient (Wildman–Crippen LogP) is 3.36. The lowest BCUT2D eigenvalue weighted by atomic mass is 10.1. The molecule has 0 radical (unpaired) electrons. The second-order valence-corrected chi connectivity index (χ2v) is 6.17. The molecule has 0 fully saturated rings. The highest BCUT2D eigenvalue weighted by Gasteiger charge is 2.18. The number of hydrogen-bond donors (Lipinski definition) is 0. The van der Waals surface area contributed by atoms with Crippen LogP contribution < -0.4 is 4.74 Å². The van der Waals surface area contributed by atoms with E-state index in [9.17, 15) is 0 Å². The van der Waals surface area contributed by atoms with Gasteiger partial charge in [-0.05, 0) is 24.7 Å². The van der Waals surface area contributed by atoms with Gasteiger partial charge in [0, 0.05) is 35.1 Å².